The van der Waals surface area contributed by atoms with Crippen LogP contribution in [0.3, 0.4) is 0 Å². The van der Waals surface area contributed by atoms with Crippen LogP contribution < -0.4 is 14.6 Å². The van der Waals surface area contributed by atoms with Gasteiger partial charge in [-0.3, -0.25) is 9.69 Å². The molecule has 1 aromatic carbocycles. The summed E-state index contributed by atoms with van der Waals surface area (Å²) in [5, 5.41) is 0. The van der Waals surface area contributed by atoms with Crippen molar-refractivity contribution in [1.29, 1.82) is 0 Å². The first-order chi connectivity index (χ1) is 10.8. The number of piperazine rings is 1. The third kappa shape index (κ3) is 3.03. The zero-order valence-corrected chi connectivity index (χ0v) is 12.7. The summed E-state index contributed by atoms with van der Waals surface area (Å²) in [5.41, 5.74) is 0.709. The SMILES string of the molecule is COc1ccc(C(=O)N2CCN(c3cccc[nH+]3)CC2)cc1. The van der Waals surface area contributed by atoms with Crippen LogP contribution in [0.15, 0.2) is 48.7 Å². The molecule has 5 nitrogen and oxygen atoms in total. The lowest BCUT2D eigenvalue weighted by Crippen LogP contribution is -2.50. The van der Waals surface area contributed by atoms with E-state index >= 15 is 0 Å². The smallest absolute Gasteiger partial charge is 0.274 e. The lowest BCUT2D eigenvalue weighted by molar-refractivity contribution is -0.364. The molecular formula is C17H20N3O2+. The average Bonchev–Trinajstić information content (AvgIpc) is 2.62. The number of aromatic amines is 1. The summed E-state index contributed by atoms with van der Waals surface area (Å²) >= 11 is 0. The van der Waals surface area contributed by atoms with Crippen LogP contribution in [-0.2, 0) is 0 Å². The van der Waals surface area contributed by atoms with Gasteiger partial charge in [-0.25, -0.2) is 4.98 Å². The van der Waals surface area contributed by atoms with Crippen LogP contribution in [0.25, 0.3) is 0 Å². The van der Waals surface area contributed by atoms with Gasteiger partial charge < -0.3 is 9.64 Å². The minimum absolute atomic E-state index is 0.0827. The van der Waals surface area contributed by atoms with Gasteiger partial charge in [-0.1, -0.05) is 6.07 Å². The molecule has 0 spiro atoms. The van der Waals surface area contributed by atoms with Gasteiger partial charge in [-0.15, -0.1) is 0 Å². The molecule has 1 amide bonds. The third-order valence-corrected chi connectivity index (χ3v) is 3.94. The highest BCUT2D eigenvalue weighted by atomic mass is 16.5. The first kappa shape index (κ1) is 14.4. The molecule has 1 fully saturated rings. The Bertz CT molecular complexity index is 620. The second-order valence-corrected chi connectivity index (χ2v) is 5.26. The molecule has 3 rings (SSSR count). The number of hydrogen-bond acceptors (Lipinski definition) is 3. The van der Waals surface area contributed by atoms with E-state index in [1.54, 1.807) is 7.11 Å². The second-order valence-electron chi connectivity index (χ2n) is 5.26. The number of amides is 1. The van der Waals surface area contributed by atoms with Gasteiger partial charge in [0.1, 0.15) is 18.8 Å². The molecule has 0 atom stereocenters. The Balaban J connectivity index is 1.62. The Morgan fingerprint density at radius 2 is 1.77 bits per heavy atom. The van der Waals surface area contributed by atoms with Crippen molar-refractivity contribution in [2.24, 2.45) is 0 Å². The summed E-state index contributed by atoms with van der Waals surface area (Å²) in [5.74, 6) is 1.94. The van der Waals surface area contributed by atoms with Crippen LogP contribution in [-0.4, -0.2) is 44.1 Å². The monoisotopic (exact) mass is 298 g/mol. The number of hydrogen-bond donors (Lipinski definition) is 0. The number of carbonyl (C=O) groups is 1. The molecule has 0 aliphatic carbocycles. The summed E-state index contributed by atoms with van der Waals surface area (Å²) in [4.78, 5) is 19.9. The van der Waals surface area contributed by atoms with Gasteiger partial charge in [0.05, 0.1) is 26.4 Å². The Hall–Kier alpha value is -2.56. The lowest BCUT2D eigenvalue weighted by atomic mass is 10.1. The topological polar surface area (TPSA) is 46.9 Å². The molecule has 2 aromatic rings. The Morgan fingerprint density at radius 1 is 1.05 bits per heavy atom. The maximum Gasteiger partial charge on any atom is 0.274 e. The molecule has 1 aliphatic rings. The minimum Gasteiger partial charge on any atom is -0.497 e. The normalized spacial score (nSPS) is 14.8. The van der Waals surface area contributed by atoms with Crippen molar-refractivity contribution in [3.8, 4) is 5.75 Å². The fourth-order valence-electron chi connectivity index (χ4n) is 2.65. The van der Waals surface area contributed by atoms with E-state index in [1.807, 2.05) is 47.5 Å². The number of methoxy groups -OCH3 is 1. The van der Waals surface area contributed by atoms with Crippen LogP contribution in [0.5, 0.6) is 5.75 Å². The summed E-state index contributed by atoms with van der Waals surface area (Å²) in [6.07, 6.45) is 1.92. The fourth-order valence-corrected chi connectivity index (χ4v) is 2.65. The van der Waals surface area contributed by atoms with Gasteiger partial charge in [0.15, 0.2) is 0 Å². The average molecular weight is 298 g/mol. The third-order valence-electron chi connectivity index (χ3n) is 3.94. The molecule has 114 valence electrons. The highest BCUT2D eigenvalue weighted by Crippen LogP contribution is 2.15. The van der Waals surface area contributed by atoms with Crippen molar-refractivity contribution in [1.82, 2.24) is 4.90 Å². The maximum absolute atomic E-state index is 12.5. The number of anilines is 1. The molecule has 5 heteroatoms. The number of nitrogens with zero attached hydrogens (tertiary/aromatic N) is 2. The van der Waals surface area contributed by atoms with E-state index in [2.05, 4.69) is 16.0 Å². The maximum atomic E-state index is 12.5. The molecule has 1 N–H and O–H groups in total. The van der Waals surface area contributed by atoms with E-state index in [9.17, 15) is 4.79 Å². The standard InChI is InChI=1S/C17H19N3O2/c1-22-15-7-5-14(6-8-15)17(21)20-12-10-19(11-13-20)16-4-2-3-9-18-16/h2-9H,10-13H2,1H3/p+1. The zero-order valence-electron chi connectivity index (χ0n) is 12.7. The van der Waals surface area contributed by atoms with Gasteiger partial charge in [-0.05, 0) is 30.3 Å². The second kappa shape index (κ2) is 6.47. The summed E-state index contributed by atoms with van der Waals surface area (Å²) in [7, 11) is 1.62. The van der Waals surface area contributed by atoms with Crippen LogP contribution >= 0.6 is 0 Å². The van der Waals surface area contributed by atoms with Crippen molar-refractivity contribution in [2.45, 2.75) is 0 Å². The van der Waals surface area contributed by atoms with E-state index in [0.29, 0.717) is 5.56 Å². The number of nitrogens with one attached hydrogen (secondary N) is 1. The van der Waals surface area contributed by atoms with Gasteiger partial charge in [-0.2, -0.15) is 0 Å². The minimum atomic E-state index is 0.0827. The van der Waals surface area contributed by atoms with Gasteiger partial charge in [0.25, 0.3) is 11.7 Å². The quantitative estimate of drug-likeness (QED) is 0.862. The van der Waals surface area contributed by atoms with Crippen molar-refractivity contribution < 1.29 is 14.5 Å². The molecule has 1 aliphatic heterocycles. The zero-order chi connectivity index (χ0) is 15.4. The Morgan fingerprint density at radius 3 is 2.36 bits per heavy atom. The van der Waals surface area contributed by atoms with E-state index in [4.69, 9.17) is 4.74 Å². The Kier molecular flexibility index (Phi) is 4.23. The van der Waals surface area contributed by atoms with Gasteiger partial charge in [0, 0.05) is 11.6 Å². The predicted molar refractivity (Wildman–Crippen MR) is 84.1 cm³/mol. The fraction of sp³-hybridized carbons (Fsp3) is 0.294. The molecule has 0 radical (unpaired) electrons. The number of H-pyrrole nitrogens is 1. The lowest BCUT2D eigenvalue weighted by Gasteiger charge is -2.31. The molecular weight excluding hydrogens is 278 g/mol. The van der Waals surface area contributed by atoms with Crippen LogP contribution in [0.4, 0.5) is 5.82 Å². The molecule has 22 heavy (non-hydrogen) atoms. The number of carbonyl (C=O) groups excluding carboxylic acids is 1. The van der Waals surface area contributed by atoms with E-state index in [-0.39, 0.29) is 5.91 Å². The van der Waals surface area contributed by atoms with Crippen LogP contribution in [0.2, 0.25) is 0 Å². The summed E-state index contributed by atoms with van der Waals surface area (Å²) < 4.78 is 5.12. The van der Waals surface area contributed by atoms with E-state index < -0.39 is 0 Å². The number of rotatable bonds is 3. The number of benzene rings is 1. The first-order valence-corrected chi connectivity index (χ1v) is 7.43. The van der Waals surface area contributed by atoms with Crippen molar-refractivity contribution in [2.75, 3.05) is 38.2 Å². The van der Waals surface area contributed by atoms with E-state index in [1.165, 1.54) is 0 Å². The molecule has 0 unspecified atom stereocenters. The summed E-state index contributed by atoms with van der Waals surface area (Å²) in [6, 6.07) is 13.3. The van der Waals surface area contributed by atoms with Crippen molar-refractivity contribution in [3.63, 3.8) is 0 Å². The number of aromatic nitrogens is 1. The van der Waals surface area contributed by atoms with Crippen LogP contribution in [0, 0.1) is 0 Å². The largest absolute Gasteiger partial charge is 0.497 e. The molecule has 0 saturated carbocycles. The number of pyridine rings is 1. The Labute approximate surface area is 130 Å². The van der Waals surface area contributed by atoms with Gasteiger partial charge >= 0.3 is 0 Å². The highest BCUT2D eigenvalue weighted by Gasteiger charge is 2.26. The van der Waals surface area contributed by atoms with Crippen molar-refractivity contribution >= 4 is 11.7 Å². The predicted octanol–water partition coefficient (Wildman–Crippen LogP) is 1.47. The number of ether oxygens (including phenoxy) is 1. The summed E-state index contributed by atoms with van der Waals surface area (Å²) in [6.45, 7) is 3.13. The molecule has 1 aromatic heterocycles. The molecule has 2 heterocycles. The molecule has 0 bridgehead atoms. The van der Waals surface area contributed by atoms with Crippen LogP contribution in [0.1, 0.15) is 10.4 Å². The molecule has 1 saturated heterocycles. The highest BCUT2D eigenvalue weighted by molar-refractivity contribution is 5.94. The van der Waals surface area contributed by atoms with E-state index in [0.717, 1.165) is 37.7 Å². The van der Waals surface area contributed by atoms with Gasteiger partial charge in [0.2, 0.25) is 0 Å². The first-order valence-electron chi connectivity index (χ1n) is 7.43. The van der Waals surface area contributed by atoms with Crippen molar-refractivity contribution in [3.05, 3.63) is 54.2 Å².